The molecule has 0 aromatic carbocycles. The first-order chi connectivity index (χ1) is 14.8. The highest BCUT2D eigenvalue weighted by molar-refractivity contribution is 7.26. The fourth-order valence-corrected chi connectivity index (χ4v) is 5.91. The summed E-state index contributed by atoms with van der Waals surface area (Å²) in [5.74, 6) is 2.14. The smallest absolute Gasteiger partial charge is 0.172 e. The predicted octanol–water partition coefficient (Wildman–Crippen LogP) is 3.98. The number of aryl methyl sites for hydroxylation is 1. The van der Waals surface area contributed by atoms with Crippen molar-refractivity contribution in [2.75, 3.05) is 49.2 Å². The Kier molecular flexibility index (Phi) is 5.69. The number of fused-ring (bicyclic) bond motifs is 5. The number of aromatic nitrogens is 4. The minimum atomic E-state index is 0.781. The second-order valence-corrected chi connectivity index (χ2v) is 9.20. The summed E-state index contributed by atoms with van der Waals surface area (Å²) in [4.78, 5) is 11.1. The van der Waals surface area contributed by atoms with E-state index in [1.54, 1.807) is 11.3 Å². The first-order valence-electron chi connectivity index (χ1n) is 11.4. The molecule has 0 N–H and O–H groups in total. The summed E-state index contributed by atoms with van der Waals surface area (Å²) < 4.78 is 6.72. The van der Waals surface area contributed by atoms with Crippen molar-refractivity contribution in [1.29, 1.82) is 0 Å². The predicted molar refractivity (Wildman–Crippen MR) is 123 cm³/mol. The molecule has 160 valence electrons. The van der Waals surface area contributed by atoms with Crippen LogP contribution in [0.5, 0.6) is 0 Å². The van der Waals surface area contributed by atoms with Gasteiger partial charge in [0.05, 0.1) is 13.2 Å². The molecule has 0 atom stereocenters. The van der Waals surface area contributed by atoms with E-state index in [4.69, 9.17) is 9.72 Å². The van der Waals surface area contributed by atoms with E-state index in [-0.39, 0.29) is 0 Å². The van der Waals surface area contributed by atoms with Gasteiger partial charge in [0.2, 0.25) is 0 Å². The highest BCUT2D eigenvalue weighted by atomic mass is 32.1. The third-order valence-electron chi connectivity index (χ3n) is 6.37. The number of morpholine rings is 1. The van der Waals surface area contributed by atoms with Gasteiger partial charge in [-0.1, -0.05) is 13.3 Å². The lowest BCUT2D eigenvalue weighted by molar-refractivity contribution is 0.122. The molecule has 3 aromatic heterocycles. The van der Waals surface area contributed by atoms with Crippen LogP contribution >= 0.6 is 11.3 Å². The fourth-order valence-electron chi connectivity index (χ4n) is 4.76. The average molecular weight is 427 g/mol. The second-order valence-electron chi connectivity index (χ2n) is 8.21. The van der Waals surface area contributed by atoms with E-state index in [0.29, 0.717) is 0 Å². The van der Waals surface area contributed by atoms with Crippen LogP contribution in [0.15, 0.2) is 0 Å². The summed E-state index contributed by atoms with van der Waals surface area (Å²) in [7, 11) is 0. The van der Waals surface area contributed by atoms with Crippen LogP contribution in [0.2, 0.25) is 0 Å². The molecule has 2 aliphatic rings. The van der Waals surface area contributed by atoms with Gasteiger partial charge in [-0.25, -0.2) is 4.98 Å². The van der Waals surface area contributed by atoms with E-state index in [2.05, 4.69) is 39.1 Å². The molecule has 4 heterocycles. The maximum atomic E-state index is 5.59. The molecule has 5 rings (SSSR count). The summed E-state index contributed by atoms with van der Waals surface area (Å²) in [5.41, 5.74) is 3.87. The molecular formula is C22H30N6OS. The third kappa shape index (κ3) is 3.39. The van der Waals surface area contributed by atoms with Crippen LogP contribution in [0.25, 0.3) is 20.4 Å². The van der Waals surface area contributed by atoms with Gasteiger partial charge in [0.1, 0.15) is 20.9 Å². The van der Waals surface area contributed by atoms with Gasteiger partial charge in [-0.15, -0.1) is 21.5 Å². The molecule has 0 bridgehead atoms. The first-order valence-corrected chi connectivity index (χ1v) is 12.2. The monoisotopic (exact) mass is 426 g/mol. The molecule has 1 aliphatic heterocycles. The minimum Gasteiger partial charge on any atom is -0.378 e. The van der Waals surface area contributed by atoms with Crippen LogP contribution in [-0.2, 0) is 17.6 Å². The van der Waals surface area contributed by atoms with Gasteiger partial charge >= 0.3 is 0 Å². The molecule has 0 amide bonds. The van der Waals surface area contributed by atoms with Crippen molar-refractivity contribution in [2.45, 2.75) is 52.4 Å². The minimum absolute atomic E-state index is 0.781. The zero-order valence-electron chi connectivity index (χ0n) is 18.0. The summed E-state index contributed by atoms with van der Waals surface area (Å²) in [6, 6.07) is 0. The highest BCUT2D eigenvalue weighted by Crippen LogP contribution is 2.43. The van der Waals surface area contributed by atoms with Crippen molar-refractivity contribution in [3.05, 3.63) is 11.1 Å². The maximum absolute atomic E-state index is 5.59. The topological polar surface area (TPSA) is 67.3 Å². The van der Waals surface area contributed by atoms with Gasteiger partial charge in [-0.3, -0.25) is 0 Å². The van der Waals surface area contributed by atoms with E-state index in [9.17, 15) is 0 Å². The van der Waals surface area contributed by atoms with E-state index in [0.717, 1.165) is 79.5 Å². The number of pyridine rings is 1. The second kappa shape index (κ2) is 8.59. The van der Waals surface area contributed by atoms with Crippen molar-refractivity contribution in [1.82, 2.24) is 20.4 Å². The lowest BCUT2D eigenvalue weighted by atomic mass is 9.90. The SMILES string of the molecule is CCCCN(CC)c1nnnc2c1sc1nc(N3CCOCC3)c3c(c12)CCCC3. The molecule has 7 nitrogen and oxygen atoms in total. The third-order valence-corrected chi connectivity index (χ3v) is 7.44. The van der Waals surface area contributed by atoms with Crippen molar-refractivity contribution in [3.8, 4) is 0 Å². The standard InChI is InChI=1S/C22H30N6OS/c1-3-5-10-27(4-2)21-19-18(24-26-25-21)17-15-8-6-7-9-16(15)20(23-22(17)30-19)28-11-13-29-14-12-28/h3-14H2,1-2H3. The number of anilines is 2. The number of rotatable bonds is 6. The highest BCUT2D eigenvalue weighted by Gasteiger charge is 2.27. The number of hydrogen-bond acceptors (Lipinski definition) is 8. The van der Waals surface area contributed by atoms with Crippen molar-refractivity contribution in [3.63, 3.8) is 0 Å². The van der Waals surface area contributed by atoms with Gasteiger partial charge in [0.15, 0.2) is 5.82 Å². The zero-order valence-corrected chi connectivity index (χ0v) is 18.8. The largest absolute Gasteiger partial charge is 0.378 e. The molecule has 0 spiro atoms. The van der Waals surface area contributed by atoms with Crippen molar-refractivity contribution >= 4 is 43.4 Å². The molecule has 0 saturated carbocycles. The van der Waals surface area contributed by atoms with Gasteiger partial charge in [0, 0.05) is 31.6 Å². The lowest BCUT2D eigenvalue weighted by Crippen LogP contribution is -2.37. The Labute approximate surface area is 181 Å². The Bertz CT molecular complexity index is 1050. The average Bonchev–Trinajstić information content (AvgIpc) is 3.19. The van der Waals surface area contributed by atoms with E-state index in [1.807, 2.05) is 0 Å². The van der Waals surface area contributed by atoms with Crippen molar-refractivity contribution in [2.24, 2.45) is 0 Å². The number of unbranched alkanes of at least 4 members (excludes halogenated alkanes) is 1. The van der Waals surface area contributed by atoms with Crippen LogP contribution in [0.4, 0.5) is 11.6 Å². The van der Waals surface area contributed by atoms with Crippen LogP contribution in [0.1, 0.15) is 50.7 Å². The normalized spacial score (nSPS) is 16.9. The molecule has 1 saturated heterocycles. The Morgan fingerprint density at radius 3 is 2.63 bits per heavy atom. The van der Waals surface area contributed by atoms with Crippen LogP contribution in [0.3, 0.4) is 0 Å². The molecule has 1 fully saturated rings. The quantitative estimate of drug-likeness (QED) is 0.591. The lowest BCUT2D eigenvalue weighted by Gasteiger charge is -2.31. The maximum Gasteiger partial charge on any atom is 0.172 e. The zero-order chi connectivity index (χ0) is 20.5. The summed E-state index contributed by atoms with van der Waals surface area (Å²) in [6.45, 7) is 9.74. The van der Waals surface area contributed by atoms with Gasteiger partial charge in [-0.2, -0.15) is 0 Å². The number of nitrogens with zero attached hydrogens (tertiary/aromatic N) is 6. The van der Waals surface area contributed by atoms with Gasteiger partial charge < -0.3 is 14.5 Å². The van der Waals surface area contributed by atoms with E-state index >= 15 is 0 Å². The van der Waals surface area contributed by atoms with Crippen LogP contribution in [-0.4, -0.2) is 59.8 Å². The summed E-state index contributed by atoms with van der Waals surface area (Å²) >= 11 is 1.74. The Hall–Kier alpha value is -2.06. The molecule has 0 radical (unpaired) electrons. The van der Waals surface area contributed by atoms with Gasteiger partial charge in [0.25, 0.3) is 0 Å². The summed E-state index contributed by atoms with van der Waals surface area (Å²) in [6.07, 6.45) is 6.99. The first kappa shape index (κ1) is 19.9. The summed E-state index contributed by atoms with van der Waals surface area (Å²) in [5, 5.41) is 14.4. The Balaban J connectivity index is 1.70. The molecule has 30 heavy (non-hydrogen) atoms. The Morgan fingerprint density at radius 2 is 1.87 bits per heavy atom. The fraction of sp³-hybridized carbons (Fsp3) is 0.636. The van der Waals surface area contributed by atoms with Crippen LogP contribution in [0, 0.1) is 0 Å². The molecular weight excluding hydrogens is 396 g/mol. The Morgan fingerprint density at radius 1 is 1.07 bits per heavy atom. The van der Waals surface area contributed by atoms with E-state index < -0.39 is 0 Å². The van der Waals surface area contributed by atoms with E-state index in [1.165, 1.54) is 41.6 Å². The van der Waals surface area contributed by atoms with Crippen molar-refractivity contribution < 1.29 is 4.74 Å². The molecule has 8 heteroatoms. The number of ether oxygens (including phenoxy) is 1. The molecule has 3 aromatic rings. The molecule has 1 aliphatic carbocycles. The number of thiophene rings is 1. The number of hydrogen-bond donors (Lipinski definition) is 0. The molecule has 0 unspecified atom stereocenters. The van der Waals surface area contributed by atoms with Crippen LogP contribution < -0.4 is 9.80 Å². The van der Waals surface area contributed by atoms with Gasteiger partial charge in [-0.05, 0) is 55.4 Å².